The highest BCUT2D eigenvalue weighted by atomic mass is 16.5. The van der Waals surface area contributed by atoms with Crippen LogP contribution in [-0.4, -0.2) is 60.8 Å². The second-order valence-corrected chi connectivity index (χ2v) is 11.2. The van der Waals surface area contributed by atoms with Crippen molar-refractivity contribution in [3.8, 4) is 5.75 Å². The van der Waals surface area contributed by atoms with Gasteiger partial charge < -0.3 is 30.7 Å². The first-order valence-corrected chi connectivity index (χ1v) is 14.4. The molecule has 1 aliphatic rings. The lowest BCUT2D eigenvalue weighted by Gasteiger charge is -2.31. The van der Waals surface area contributed by atoms with Crippen LogP contribution in [0.25, 0.3) is 0 Å². The fraction of sp³-hybridized carbons (Fsp3) is 0.394. The van der Waals surface area contributed by atoms with Crippen LogP contribution in [-0.2, 0) is 11.2 Å². The van der Waals surface area contributed by atoms with E-state index in [0.717, 1.165) is 23.4 Å². The van der Waals surface area contributed by atoms with E-state index in [4.69, 9.17) is 4.74 Å². The van der Waals surface area contributed by atoms with Crippen LogP contribution in [0.15, 0.2) is 78.9 Å². The number of carbonyl (C=O) groups excluding carboxylic acids is 2. The Kier molecular flexibility index (Phi) is 10.4. The van der Waals surface area contributed by atoms with Gasteiger partial charge in [-0.2, -0.15) is 0 Å². The van der Waals surface area contributed by atoms with Crippen LogP contribution in [0.1, 0.15) is 49.5 Å². The van der Waals surface area contributed by atoms with Gasteiger partial charge in [0.25, 0.3) is 5.91 Å². The fourth-order valence-corrected chi connectivity index (χ4v) is 4.88. The summed E-state index contributed by atoms with van der Waals surface area (Å²) in [4.78, 5) is 27.8. The van der Waals surface area contributed by atoms with Crippen molar-refractivity contribution in [2.75, 3.05) is 36.5 Å². The number of nitrogens with one attached hydrogen (secondary N) is 3. The van der Waals surface area contributed by atoms with Crippen molar-refractivity contribution in [1.82, 2.24) is 10.6 Å². The smallest absolute Gasteiger partial charge is 0.251 e. The maximum atomic E-state index is 13.6. The highest BCUT2D eigenvalue weighted by Crippen LogP contribution is 2.27. The third kappa shape index (κ3) is 8.80. The van der Waals surface area contributed by atoms with Crippen LogP contribution < -0.4 is 25.6 Å². The van der Waals surface area contributed by atoms with Crippen LogP contribution in [0.4, 0.5) is 11.4 Å². The molecule has 0 radical (unpaired) electrons. The number of anilines is 2. The molecule has 2 atom stereocenters. The molecule has 0 aliphatic carbocycles. The van der Waals surface area contributed by atoms with E-state index < -0.39 is 17.7 Å². The number of nitrogens with zero attached hydrogens (tertiary/aromatic N) is 1. The monoisotopic (exact) mass is 558 g/mol. The summed E-state index contributed by atoms with van der Waals surface area (Å²) in [5, 5.41) is 21.1. The minimum absolute atomic E-state index is 0.0623. The van der Waals surface area contributed by atoms with E-state index in [1.165, 1.54) is 0 Å². The number of amides is 2. The molecular formula is C33H42N4O4. The standard InChI is InChI=1S/C33H42N4O4/c1-4-34-26-19-25(20-27(21-26)37-17-11-16-31(37)39)32(40)36-29(18-24-12-7-5-8-13-24)30(38)22-35-33(2,3)23-41-28-14-9-6-10-15-28/h5-10,12-15,19-21,29-30,34-35,38H,4,11,16-18,22-23H2,1-3H3,(H,36,40)/t29-,30+/m0/s1. The van der Waals surface area contributed by atoms with E-state index in [1.54, 1.807) is 17.0 Å². The Hall–Kier alpha value is -3.88. The molecular weight excluding hydrogens is 516 g/mol. The van der Waals surface area contributed by atoms with E-state index in [9.17, 15) is 14.7 Å². The van der Waals surface area contributed by atoms with Crippen molar-refractivity contribution in [2.45, 2.75) is 57.7 Å². The molecule has 8 heteroatoms. The van der Waals surface area contributed by atoms with E-state index in [0.29, 0.717) is 43.8 Å². The van der Waals surface area contributed by atoms with Gasteiger partial charge in [0.1, 0.15) is 12.4 Å². The second-order valence-electron chi connectivity index (χ2n) is 11.2. The molecule has 3 aromatic rings. The Morgan fingerprint density at radius 1 is 1.05 bits per heavy atom. The minimum Gasteiger partial charge on any atom is -0.492 e. The predicted molar refractivity (Wildman–Crippen MR) is 164 cm³/mol. The van der Waals surface area contributed by atoms with Gasteiger partial charge in [0.2, 0.25) is 5.91 Å². The van der Waals surface area contributed by atoms with Crippen molar-refractivity contribution < 1.29 is 19.4 Å². The molecule has 0 unspecified atom stereocenters. The van der Waals surface area contributed by atoms with Crippen molar-refractivity contribution in [1.29, 1.82) is 0 Å². The lowest BCUT2D eigenvalue weighted by molar-refractivity contribution is -0.117. The number of aliphatic hydroxyl groups excluding tert-OH is 1. The van der Waals surface area contributed by atoms with Crippen molar-refractivity contribution in [3.05, 3.63) is 90.0 Å². The Balaban J connectivity index is 1.48. The van der Waals surface area contributed by atoms with E-state index in [1.807, 2.05) is 87.5 Å². The average Bonchev–Trinajstić information content (AvgIpc) is 3.41. The zero-order chi connectivity index (χ0) is 29.2. The molecule has 0 saturated carbocycles. The van der Waals surface area contributed by atoms with E-state index in [2.05, 4.69) is 16.0 Å². The molecule has 1 heterocycles. The summed E-state index contributed by atoms with van der Waals surface area (Å²) in [7, 11) is 0. The molecule has 1 saturated heterocycles. The minimum atomic E-state index is -0.869. The zero-order valence-corrected chi connectivity index (χ0v) is 24.2. The van der Waals surface area contributed by atoms with Gasteiger partial charge in [-0.15, -0.1) is 0 Å². The van der Waals surface area contributed by atoms with Gasteiger partial charge in [-0.05, 0) is 69.5 Å². The maximum absolute atomic E-state index is 13.6. The third-order valence-electron chi connectivity index (χ3n) is 7.16. The Morgan fingerprint density at radius 2 is 1.76 bits per heavy atom. The second kappa shape index (κ2) is 14.1. The number of para-hydroxylation sites is 1. The van der Waals surface area contributed by atoms with Crippen LogP contribution in [0, 0.1) is 0 Å². The molecule has 4 N–H and O–H groups in total. The van der Waals surface area contributed by atoms with Crippen LogP contribution >= 0.6 is 0 Å². The van der Waals surface area contributed by atoms with E-state index >= 15 is 0 Å². The highest BCUT2D eigenvalue weighted by molar-refractivity contribution is 6.00. The summed E-state index contributed by atoms with van der Waals surface area (Å²) >= 11 is 0. The number of hydrogen-bond acceptors (Lipinski definition) is 6. The molecule has 4 rings (SSSR count). The zero-order valence-electron chi connectivity index (χ0n) is 24.2. The predicted octanol–water partition coefficient (Wildman–Crippen LogP) is 4.39. The largest absolute Gasteiger partial charge is 0.492 e. The molecule has 1 aliphatic heterocycles. The average molecular weight is 559 g/mol. The summed E-state index contributed by atoms with van der Waals surface area (Å²) in [5.74, 6) is 0.545. The van der Waals surface area contributed by atoms with Crippen molar-refractivity contribution in [2.24, 2.45) is 0 Å². The van der Waals surface area contributed by atoms with Gasteiger partial charge in [0, 0.05) is 48.5 Å². The molecule has 0 bridgehead atoms. The Bertz CT molecular complexity index is 1280. The first kappa shape index (κ1) is 30.1. The van der Waals surface area contributed by atoms with Crippen molar-refractivity contribution >= 4 is 23.2 Å². The highest BCUT2D eigenvalue weighted by Gasteiger charge is 2.27. The summed E-state index contributed by atoms with van der Waals surface area (Å²) < 4.78 is 5.93. The molecule has 8 nitrogen and oxygen atoms in total. The Labute approximate surface area is 243 Å². The fourth-order valence-electron chi connectivity index (χ4n) is 4.88. The SMILES string of the molecule is CCNc1cc(C(=O)N[C@@H](Cc2ccccc2)[C@H](O)CNC(C)(C)COc2ccccc2)cc(N2CCCC2=O)c1. The molecule has 41 heavy (non-hydrogen) atoms. The number of β-amino-alcohol motifs (C(OH)–C–C–N with tert-alkyl or cyclic N) is 1. The van der Waals surface area contributed by atoms with Gasteiger partial charge >= 0.3 is 0 Å². The molecule has 2 amide bonds. The summed E-state index contributed by atoms with van der Waals surface area (Å²) in [6, 6.07) is 24.3. The molecule has 3 aromatic carbocycles. The first-order valence-electron chi connectivity index (χ1n) is 14.4. The van der Waals surface area contributed by atoms with Gasteiger partial charge in [0.05, 0.1) is 12.1 Å². The first-order chi connectivity index (χ1) is 19.7. The number of carbonyl (C=O) groups is 2. The van der Waals surface area contributed by atoms with E-state index in [-0.39, 0.29) is 18.4 Å². The lowest BCUT2D eigenvalue weighted by atomic mass is 9.99. The number of rotatable bonds is 14. The third-order valence-corrected chi connectivity index (χ3v) is 7.16. The number of benzene rings is 3. The van der Waals surface area contributed by atoms with Gasteiger partial charge in [-0.3, -0.25) is 9.59 Å². The van der Waals surface area contributed by atoms with Crippen molar-refractivity contribution in [3.63, 3.8) is 0 Å². The maximum Gasteiger partial charge on any atom is 0.251 e. The quantitative estimate of drug-likeness (QED) is 0.234. The number of aliphatic hydroxyl groups is 1. The summed E-state index contributed by atoms with van der Waals surface area (Å²) in [6.07, 6.45) is 0.905. The summed E-state index contributed by atoms with van der Waals surface area (Å²) in [5.41, 5.74) is 2.51. The normalized spacial score (nSPS) is 14.9. The summed E-state index contributed by atoms with van der Waals surface area (Å²) in [6.45, 7) is 8.01. The van der Waals surface area contributed by atoms with Gasteiger partial charge in [0.15, 0.2) is 0 Å². The lowest BCUT2D eigenvalue weighted by Crippen LogP contribution is -2.53. The van der Waals surface area contributed by atoms with Gasteiger partial charge in [-0.25, -0.2) is 0 Å². The topological polar surface area (TPSA) is 103 Å². The van der Waals surface area contributed by atoms with Gasteiger partial charge in [-0.1, -0.05) is 48.5 Å². The Morgan fingerprint density at radius 3 is 2.41 bits per heavy atom. The van der Waals surface area contributed by atoms with Crippen LogP contribution in [0.3, 0.4) is 0 Å². The van der Waals surface area contributed by atoms with Crippen LogP contribution in [0.2, 0.25) is 0 Å². The molecule has 218 valence electrons. The number of hydrogen-bond donors (Lipinski definition) is 4. The molecule has 0 aromatic heterocycles. The number of ether oxygens (including phenoxy) is 1. The van der Waals surface area contributed by atoms with Crippen LogP contribution in [0.5, 0.6) is 5.75 Å². The molecule has 1 fully saturated rings. The molecule has 0 spiro atoms.